The Bertz CT molecular complexity index is 381. The van der Waals surface area contributed by atoms with E-state index in [1.165, 1.54) is 7.11 Å². The van der Waals surface area contributed by atoms with Crippen molar-refractivity contribution in [2.45, 2.75) is 0 Å². The first-order valence-electron chi connectivity index (χ1n) is 4.69. The van der Waals surface area contributed by atoms with Crippen LogP contribution >= 0.6 is 0 Å². The maximum absolute atomic E-state index is 11.4. The maximum atomic E-state index is 11.4. The highest BCUT2D eigenvalue weighted by molar-refractivity contribution is 5.91. The van der Waals surface area contributed by atoms with Crippen LogP contribution in [0.15, 0.2) is 36.1 Å². The summed E-state index contributed by atoms with van der Waals surface area (Å²) in [5, 5.41) is 0. The van der Waals surface area contributed by atoms with E-state index in [0.717, 1.165) is 5.56 Å². The molecule has 0 radical (unpaired) electrons. The number of aldehydes is 1. The van der Waals surface area contributed by atoms with Crippen LogP contribution in [0.5, 0.6) is 0 Å². The molecule has 0 saturated heterocycles. The van der Waals surface area contributed by atoms with Gasteiger partial charge in [-0.3, -0.25) is 4.79 Å². The molecule has 0 atom stereocenters. The second-order valence-electron chi connectivity index (χ2n) is 2.89. The molecule has 0 heterocycles. The van der Waals surface area contributed by atoms with Crippen LogP contribution in [0.2, 0.25) is 0 Å². The van der Waals surface area contributed by atoms with Crippen molar-refractivity contribution in [3.63, 3.8) is 0 Å². The van der Waals surface area contributed by atoms with E-state index in [4.69, 9.17) is 4.74 Å². The van der Waals surface area contributed by atoms with E-state index in [9.17, 15) is 9.59 Å². The fourth-order valence-corrected chi connectivity index (χ4v) is 1.08. The normalized spacial score (nSPS) is 10.7. The maximum Gasteiger partial charge on any atom is 0.374 e. The van der Waals surface area contributed by atoms with Gasteiger partial charge < -0.3 is 9.47 Å². The Morgan fingerprint density at radius 3 is 2.56 bits per heavy atom. The van der Waals surface area contributed by atoms with E-state index in [0.29, 0.717) is 6.29 Å². The van der Waals surface area contributed by atoms with Gasteiger partial charge in [0.1, 0.15) is 6.61 Å². The first-order chi connectivity index (χ1) is 7.77. The predicted octanol–water partition coefficient (Wildman–Crippen LogP) is 1.42. The summed E-state index contributed by atoms with van der Waals surface area (Å²) in [5.41, 5.74) is 0.822. The molecular formula is C12H12O4. The standard InChI is InChI=1S/C12H12O4/c1-15-11(12(14)16-8-7-13)9-10-5-3-2-4-6-10/h2-7,9H,8H2,1H3. The highest BCUT2D eigenvalue weighted by Gasteiger charge is 2.10. The molecule has 84 valence electrons. The molecule has 4 heteroatoms. The van der Waals surface area contributed by atoms with E-state index >= 15 is 0 Å². The number of esters is 1. The molecule has 0 bridgehead atoms. The lowest BCUT2D eigenvalue weighted by atomic mass is 10.2. The molecule has 1 aromatic carbocycles. The molecule has 0 aliphatic heterocycles. The van der Waals surface area contributed by atoms with Gasteiger partial charge in [0, 0.05) is 0 Å². The third-order valence-corrected chi connectivity index (χ3v) is 1.80. The Morgan fingerprint density at radius 1 is 1.31 bits per heavy atom. The molecule has 0 unspecified atom stereocenters. The summed E-state index contributed by atoms with van der Waals surface area (Å²) in [6.07, 6.45) is 2.06. The molecule has 0 fully saturated rings. The second-order valence-corrected chi connectivity index (χ2v) is 2.89. The molecule has 0 aliphatic rings. The number of benzene rings is 1. The van der Waals surface area contributed by atoms with Crippen LogP contribution in [0.1, 0.15) is 5.56 Å². The average Bonchev–Trinajstić information content (AvgIpc) is 2.34. The van der Waals surface area contributed by atoms with Gasteiger partial charge in [-0.25, -0.2) is 4.79 Å². The van der Waals surface area contributed by atoms with E-state index in [1.807, 2.05) is 30.3 Å². The van der Waals surface area contributed by atoms with E-state index in [1.54, 1.807) is 6.08 Å². The number of carbonyl (C=O) groups excluding carboxylic acids is 2. The van der Waals surface area contributed by atoms with Gasteiger partial charge in [0.2, 0.25) is 5.76 Å². The minimum atomic E-state index is -0.654. The second kappa shape index (κ2) is 6.40. The molecule has 0 spiro atoms. The zero-order valence-electron chi connectivity index (χ0n) is 8.88. The molecule has 1 rings (SSSR count). The van der Waals surface area contributed by atoms with Gasteiger partial charge in [0.05, 0.1) is 7.11 Å². The molecule has 4 nitrogen and oxygen atoms in total. The third kappa shape index (κ3) is 3.57. The minimum Gasteiger partial charge on any atom is -0.490 e. The molecule has 16 heavy (non-hydrogen) atoms. The average molecular weight is 220 g/mol. The summed E-state index contributed by atoms with van der Waals surface area (Å²) in [5.74, 6) is -0.591. The van der Waals surface area contributed by atoms with E-state index in [-0.39, 0.29) is 12.4 Å². The highest BCUT2D eigenvalue weighted by atomic mass is 16.6. The van der Waals surface area contributed by atoms with E-state index in [2.05, 4.69) is 4.74 Å². The van der Waals surface area contributed by atoms with Gasteiger partial charge in [-0.1, -0.05) is 30.3 Å². The monoisotopic (exact) mass is 220 g/mol. The van der Waals surface area contributed by atoms with Crippen molar-refractivity contribution in [1.82, 2.24) is 0 Å². The summed E-state index contributed by atoms with van der Waals surface area (Å²) in [7, 11) is 1.37. The highest BCUT2D eigenvalue weighted by Crippen LogP contribution is 2.08. The van der Waals surface area contributed by atoms with Gasteiger partial charge in [-0.2, -0.15) is 0 Å². The number of methoxy groups -OCH3 is 1. The van der Waals surface area contributed by atoms with Gasteiger partial charge in [-0.15, -0.1) is 0 Å². The van der Waals surface area contributed by atoms with Crippen molar-refractivity contribution in [1.29, 1.82) is 0 Å². The SMILES string of the molecule is COC(=Cc1ccccc1)C(=O)OCC=O. The Morgan fingerprint density at radius 2 is 2.00 bits per heavy atom. The van der Waals surface area contributed by atoms with Gasteiger partial charge in [0.25, 0.3) is 0 Å². The van der Waals surface area contributed by atoms with Crippen LogP contribution in [0.25, 0.3) is 6.08 Å². The third-order valence-electron chi connectivity index (χ3n) is 1.80. The first-order valence-corrected chi connectivity index (χ1v) is 4.69. The minimum absolute atomic E-state index is 0.0630. The molecular weight excluding hydrogens is 208 g/mol. The molecule has 0 amide bonds. The van der Waals surface area contributed by atoms with Crippen molar-refractivity contribution < 1.29 is 19.1 Å². The van der Waals surface area contributed by atoms with E-state index < -0.39 is 5.97 Å². The quantitative estimate of drug-likeness (QED) is 0.326. The summed E-state index contributed by atoms with van der Waals surface area (Å²) >= 11 is 0. The van der Waals surface area contributed by atoms with Gasteiger partial charge in [-0.05, 0) is 11.6 Å². The number of rotatable bonds is 5. The van der Waals surface area contributed by atoms with Crippen molar-refractivity contribution >= 4 is 18.3 Å². The smallest absolute Gasteiger partial charge is 0.374 e. The number of hydrogen-bond donors (Lipinski definition) is 0. The topological polar surface area (TPSA) is 52.6 Å². The Balaban J connectivity index is 2.77. The fraction of sp³-hybridized carbons (Fsp3) is 0.167. The Labute approximate surface area is 93.5 Å². The lowest BCUT2D eigenvalue weighted by molar-refractivity contribution is -0.144. The predicted molar refractivity (Wildman–Crippen MR) is 58.5 cm³/mol. The van der Waals surface area contributed by atoms with Gasteiger partial charge in [0.15, 0.2) is 6.29 Å². The first kappa shape index (κ1) is 12.0. The van der Waals surface area contributed by atoms with Gasteiger partial charge >= 0.3 is 5.97 Å². The molecule has 0 aliphatic carbocycles. The number of carbonyl (C=O) groups is 2. The number of hydrogen-bond acceptors (Lipinski definition) is 4. The molecule has 1 aromatic rings. The molecule has 0 aromatic heterocycles. The zero-order valence-corrected chi connectivity index (χ0v) is 8.88. The van der Waals surface area contributed by atoms with Crippen LogP contribution < -0.4 is 0 Å². The number of ether oxygens (including phenoxy) is 2. The zero-order chi connectivity index (χ0) is 11.8. The van der Waals surface area contributed by atoms with Crippen molar-refractivity contribution in [2.75, 3.05) is 13.7 Å². The van der Waals surface area contributed by atoms with Crippen molar-refractivity contribution in [2.24, 2.45) is 0 Å². The largest absolute Gasteiger partial charge is 0.490 e. The molecule has 0 N–H and O–H groups in total. The summed E-state index contributed by atoms with van der Waals surface area (Å²) in [6.45, 7) is -0.270. The fourth-order valence-electron chi connectivity index (χ4n) is 1.08. The van der Waals surface area contributed by atoms with Crippen molar-refractivity contribution in [3.05, 3.63) is 41.7 Å². The van der Waals surface area contributed by atoms with Crippen LogP contribution in [0, 0.1) is 0 Å². The summed E-state index contributed by atoms with van der Waals surface area (Å²) in [6, 6.07) is 9.21. The summed E-state index contributed by atoms with van der Waals surface area (Å²) < 4.78 is 9.50. The van der Waals surface area contributed by atoms with Crippen LogP contribution in [0.3, 0.4) is 0 Å². The Hall–Kier alpha value is -2.10. The Kier molecular flexibility index (Phi) is 4.79. The summed E-state index contributed by atoms with van der Waals surface area (Å²) in [4.78, 5) is 21.4. The lowest BCUT2D eigenvalue weighted by Gasteiger charge is -2.04. The molecule has 0 saturated carbocycles. The van der Waals surface area contributed by atoms with Crippen LogP contribution in [0.4, 0.5) is 0 Å². The van der Waals surface area contributed by atoms with Crippen molar-refractivity contribution in [3.8, 4) is 0 Å². The van der Waals surface area contributed by atoms with Crippen LogP contribution in [-0.2, 0) is 19.1 Å². The lowest BCUT2D eigenvalue weighted by Crippen LogP contribution is -2.10. The van der Waals surface area contributed by atoms with Crippen LogP contribution in [-0.4, -0.2) is 26.0 Å².